The fourth-order valence-electron chi connectivity index (χ4n) is 3.38. The van der Waals surface area contributed by atoms with Crippen LogP contribution in [0.3, 0.4) is 0 Å². The Labute approximate surface area is 153 Å². The largest absolute Gasteiger partial charge is 0.469 e. The summed E-state index contributed by atoms with van der Waals surface area (Å²) in [5.41, 5.74) is 2.92. The summed E-state index contributed by atoms with van der Waals surface area (Å²) in [7, 11) is 1.38. The van der Waals surface area contributed by atoms with Crippen molar-refractivity contribution in [2.75, 3.05) is 13.7 Å². The predicted octanol–water partition coefficient (Wildman–Crippen LogP) is 2.54. The highest BCUT2D eigenvalue weighted by molar-refractivity contribution is 6.04. The molecular weight excluding hydrogens is 332 g/mol. The van der Waals surface area contributed by atoms with Crippen molar-refractivity contribution in [3.63, 3.8) is 0 Å². The van der Waals surface area contributed by atoms with E-state index in [9.17, 15) is 9.59 Å². The standard InChI is InChI=1S/C19H26N4O3/c1-13-12-14(19(25)20-10-6-5-9-16(24)26-2)17-18(21-13)23-11-7-3-4-8-15(23)22-17/h12H,3-11H2,1-2H3,(H,20,25). The third kappa shape index (κ3) is 4.03. The van der Waals surface area contributed by atoms with Crippen LogP contribution < -0.4 is 5.32 Å². The van der Waals surface area contributed by atoms with Gasteiger partial charge in [-0.15, -0.1) is 0 Å². The van der Waals surface area contributed by atoms with Crippen molar-refractivity contribution >= 4 is 23.0 Å². The Morgan fingerprint density at radius 2 is 2.08 bits per heavy atom. The Morgan fingerprint density at radius 3 is 2.88 bits per heavy atom. The van der Waals surface area contributed by atoms with E-state index in [0.29, 0.717) is 30.5 Å². The number of esters is 1. The normalized spacial score (nSPS) is 13.9. The van der Waals surface area contributed by atoms with Gasteiger partial charge in [-0.3, -0.25) is 9.59 Å². The third-order valence-electron chi connectivity index (χ3n) is 4.76. The van der Waals surface area contributed by atoms with E-state index in [2.05, 4.69) is 19.6 Å². The second-order valence-corrected chi connectivity index (χ2v) is 6.76. The SMILES string of the molecule is COC(=O)CCCCNC(=O)c1cc(C)nc2c1nc1n2CCCCC1. The van der Waals surface area contributed by atoms with E-state index >= 15 is 0 Å². The number of aryl methyl sites for hydroxylation is 3. The molecule has 0 saturated heterocycles. The number of carbonyl (C=O) groups is 2. The molecule has 0 aromatic carbocycles. The van der Waals surface area contributed by atoms with Gasteiger partial charge in [0.05, 0.1) is 12.7 Å². The molecule has 26 heavy (non-hydrogen) atoms. The molecule has 1 aliphatic heterocycles. The highest BCUT2D eigenvalue weighted by Crippen LogP contribution is 2.24. The smallest absolute Gasteiger partial charge is 0.305 e. The molecule has 0 fully saturated rings. The van der Waals surface area contributed by atoms with Crippen LogP contribution in [-0.2, 0) is 22.5 Å². The van der Waals surface area contributed by atoms with Gasteiger partial charge in [0, 0.05) is 31.6 Å². The average molecular weight is 358 g/mol. The van der Waals surface area contributed by atoms with Crippen molar-refractivity contribution in [3.8, 4) is 0 Å². The molecule has 3 heterocycles. The lowest BCUT2D eigenvalue weighted by atomic mass is 10.1. The van der Waals surface area contributed by atoms with Crippen molar-refractivity contribution in [3.05, 3.63) is 23.1 Å². The number of pyridine rings is 1. The van der Waals surface area contributed by atoms with E-state index in [4.69, 9.17) is 4.98 Å². The first-order chi connectivity index (χ1) is 12.6. The van der Waals surface area contributed by atoms with Crippen LogP contribution in [0, 0.1) is 6.92 Å². The van der Waals surface area contributed by atoms with E-state index in [0.717, 1.165) is 49.4 Å². The molecule has 140 valence electrons. The number of aromatic nitrogens is 3. The fraction of sp³-hybridized carbons (Fsp3) is 0.579. The molecule has 7 nitrogen and oxygen atoms in total. The lowest BCUT2D eigenvalue weighted by Gasteiger charge is -2.08. The second-order valence-electron chi connectivity index (χ2n) is 6.76. The number of imidazole rings is 1. The van der Waals surface area contributed by atoms with Gasteiger partial charge in [-0.1, -0.05) is 6.42 Å². The lowest BCUT2D eigenvalue weighted by molar-refractivity contribution is -0.140. The molecule has 0 atom stereocenters. The minimum atomic E-state index is -0.220. The molecule has 2 aromatic heterocycles. The minimum absolute atomic E-state index is 0.133. The predicted molar refractivity (Wildman–Crippen MR) is 98.0 cm³/mol. The van der Waals surface area contributed by atoms with Crippen molar-refractivity contribution in [1.29, 1.82) is 0 Å². The quantitative estimate of drug-likeness (QED) is 0.633. The summed E-state index contributed by atoms with van der Waals surface area (Å²) in [5, 5.41) is 2.93. The zero-order chi connectivity index (χ0) is 18.5. The summed E-state index contributed by atoms with van der Waals surface area (Å²) in [6, 6.07) is 1.80. The van der Waals surface area contributed by atoms with Gasteiger partial charge in [-0.2, -0.15) is 0 Å². The molecule has 7 heteroatoms. The van der Waals surface area contributed by atoms with E-state index in [1.54, 1.807) is 6.07 Å². The average Bonchev–Trinajstić information content (AvgIpc) is 2.81. The zero-order valence-corrected chi connectivity index (χ0v) is 15.5. The Kier molecular flexibility index (Phi) is 5.85. The Morgan fingerprint density at radius 1 is 1.23 bits per heavy atom. The van der Waals surface area contributed by atoms with Crippen LogP contribution in [0.4, 0.5) is 0 Å². The number of unbranched alkanes of at least 4 members (excludes halogenated alkanes) is 1. The Bertz CT molecular complexity index is 813. The molecular formula is C19H26N4O3. The van der Waals surface area contributed by atoms with Crippen molar-refractivity contribution < 1.29 is 14.3 Å². The van der Waals surface area contributed by atoms with Crippen LogP contribution in [-0.4, -0.2) is 40.1 Å². The number of ether oxygens (including phenoxy) is 1. The number of amides is 1. The van der Waals surface area contributed by atoms with Gasteiger partial charge in [0.2, 0.25) is 0 Å². The highest BCUT2D eigenvalue weighted by atomic mass is 16.5. The summed E-state index contributed by atoms with van der Waals surface area (Å²) in [6.45, 7) is 3.34. The number of nitrogens with zero attached hydrogens (tertiary/aromatic N) is 3. The number of hydrogen-bond donors (Lipinski definition) is 1. The van der Waals surface area contributed by atoms with Gasteiger partial charge in [0.1, 0.15) is 11.3 Å². The van der Waals surface area contributed by atoms with E-state index in [1.807, 2.05) is 6.92 Å². The van der Waals surface area contributed by atoms with Crippen molar-refractivity contribution in [2.45, 2.75) is 58.4 Å². The van der Waals surface area contributed by atoms with Crippen LogP contribution in [0.15, 0.2) is 6.07 Å². The highest BCUT2D eigenvalue weighted by Gasteiger charge is 2.20. The second kappa shape index (κ2) is 8.29. The first-order valence-electron chi connectivity index (χ1n) is 9.32. The zero-order valence-electron chi connectivity index (χ0n) is 15.5. The number of carbonyl (C=O) groups excluding carboxylic acids is 2. The van der Waals surface area contributed by atoms with Crippen molar-refractivity contribution in [2.24, 2.45) is 0 Å². The molecule has 0 spiro atoms. The van der Waals surface area contributed by atoms with Gasteiger partial charge in [-0.25, -0.2) is 9.97 Å². The summed E-state index contributed by atoms with van der Waals surface area (Å²) in [6.07, 6.45) is 6.18. The lowest BCUT2D eigenvalue weighted by Crippen LogP contribution is -2.25. The maximum Gasteiger partial charge on any atom is 0.305 e. The first-order valence-corrected chi connectivity index (χ1v) is 9.32. The van der Waals surface area contributed by atoms with Crippen LogP contribution in [0.2, 0.25) is 0 Å². The summed E-state index contributed by atoms with van der Waals surface area (Å²) < 4.78 is 6.78. The maximum atomic E-state index is 12.7. The monoisotopic (exact) mass is 358 g/mol. The Balaban J connectivity index is 1.73. The maximum absolute atomic E-state index is 12.7. The number of methoxy groups -OCH3 is 1. The first kappa shape index (κ1) is 18.4. The summed E-state index contributed by atoms with van der Waals surface area (Å²) in [4.78, 5) is 33.1. The fourth-order valence-corrected chi connectivity index (χ4v) is 3.38. The van der Waals surface area contributed by atoms with Gasteiger partial charge < -0.3 is 14.6 Å². The number of fused-ring (bicyclic) bond motifs is 3. The van der Waals surface area contributed by atoms with E-state index in [-0.39, 0.29) is 11.9 Å². The van der Waals surface area contributed by atoms with Crippen LogP contribution in [0.1, 0.15) is 60.4 Å². The van der Waals surface area contributed by atoms with Gasteiger partial charge in [0.25, 0.3) is 5.91 Å². The van der Waals surface area contributed by atoms with Crippen molar-refractivity contribution in [1.82, 2.24) is 19.9 Å². The molecule has 1 aliphatic rings. The van der Waals surface area contributed by atoms with E-state index in [1.165, 1.54) is 13.5 Å². The minimum Gasteiger partial charge on any atom is -0.469 e. The van der Waals surface area contributed by atoms with Gasteiger partial charge >= 0.3 is 5.97 Å². The number of nitrogens with one attached hydrogen (secondary N) is 1. The van der Waals surface area contributed by atoms with Gasteiger partial charge in [0.15, 0.2) is 5.65 Å². The van der Waals surface area contributed by atoms with E-state index < -0.39 is 0 Å². The van der Waals surface area contributed by atoms with Crippen LogP contribution >= 0.6 is 0 Å². The molecule has 0 saturated carbocycles. The number of hydrogen-bond acceptors (Lipinski definition) is 5. The summed E-state index contributed by atoms with van der Waals surface area (Å²) in [5.74, 6) is 0.678. The molecule has 3 rings (SSSR count). The van der Waals surface area contributed by atoms with Gasteiger partial charge in [-0.05, 0) is 38.7 Å². The van der Waals surface area contributed by atoms with Crippen LogP contribution in [0.25, 0.3) is 11.2 Å². The third-order valence-corrected chi connectivity index (χ3v) is 4.76. The Hall–Kier alpha value is -2.44. The van der Waals surface area contributed by atoms with Crippen LogP contribution in [0.5, 0.6) is 0 Å². The molecule has 0 aliphatic carbocycles. The molecule has 1 N–H and O–H groups in total. The molecule has 0 bridgehead atoms. The summed E-state index contributed by atoms with van der Waals surface area (Å²) >= 11 is 0. The molecule has 1 amide bonds. The topological polar surface area (TPSA) is 86.1 Å². The molecule has 0 radical (unpaired) electrons. The number of rotatable bonds is 6. The molecule has 0 unspecified atom stereocenters. The molecule has 2 aromatic rings.